The van der Waals surface area contributed by atoms with Crippen LogP contribution >= 0.6 is 0 Å². The predicted octanol–water partition coefficient (Wildman–Crippen LogP) is 3.60. The average molecular weight is 426 g/mol. The Morgan fingerprint density at radius 3 is 2.71 bits per heavy atom. The first-order chi connectivity index (χ1) is 15.2. The minimum Gasteiger partial charge on any atom is -0.497 e. The van der Waals surface area contributed by atoms with E-state index in [1.165, 1.54) is 7.11 Å². The SMILES string of the molecule is COCC(=O)NCCCc1nc2ccccc2n1CCCCOc1cccc(OC)c1. The molecule has 1 amide bonds. The zero-order valence-electron chi connectivity index (χ0n) is 18.3. The molecule has 1 N–H and O–H groups in total. The third kappa shape index (κ3) is 6.72. The molecule has 7 nitrogen and oxygen atoms in total. The van der Waals surface area contributed by atoms with Crippen molar-refractivity contribution in [1.29, 1.82) is 0 Å². The number of para-hydroxylation sites is 2. The molecule has 0 saturated heterocycles. The summed E-state index contributed by atoms with van der Waals surface area (Å²) in [5.41, 5.74) is 2.16. The van der Waals surface area contributed by atoms with Gasteiger partial charge in [-0.05, 0) is 43.5 Å². The molecule has 0 aliphatic heterocycles. The smallest absolute Gasteiger partial charge is 0.245 e. The Labute approximate surface area is 183 Å². The number of nitrogens with one attached hydrogen (secondary N) is 1. The van der Waals surface area contributed by atoms with Crippen molar-refractivity contribution in [1.82, 2.24) is 14.9 Å². The molecule has 0 spiro atoms. The Morgan fingerprint density at radius 1 is 1.03 bits per heavy atom. The highest BCUT2D eigenvalue weighted by atomic mass is 16.5. The van der Waals surface area contributed by atoms with Gasteiger partial charge in [0.1, 0.15) is 23.9 Å². The largest absolute Gasteiger partial charge is 0.497 e. The predicted molar refractivity (Wildman–Crippen MR) is 121 cm³/mol. The third-order valence-electron chi connectivity index (χ3n) is 4.99. The highest BCUT2D eigenvalue weighted by molar-refractivity contribution is 5.77. The molecule has 166 valence electrons. The molecule has 1 aromatic heterocycles. The number of ether oxygens (including phenoxy) is 3. The maximum atomic E-state index is 11.5. The first-order valence-electron chi connectivity index (χ1n) is 10.7. The topological polar surface area (TPSA) is 74.6 Å². The number of fused-ring (bicyclic) bond motifs is 1. The molecule has 0 aliphatic carbocycles. The van der Waals surface area contributed by atoms with E-state index in [0.717, 1.165) is 60.6 Å². The minimum absolute atomic E-state index is 0.0907. The molecule has 3 aromatic rings. The Hall–Kier alpha value is -3.06. The molecule has 0 atom stereocenters. The Balaban J connectivity index is 1.51. The summed E-state index contributed by atoms with van der Waals surface area (Å²) < 4.78 is 18.2. The Bertz CT molecular complexity index is 970. The molecule has 31 heavy (non-hydrogen) atoms. The van der Waals surface area contributed by atoms with Crippen molar-refractivity contribution in [2.75, 3.05) is 34.0 Å². The standard InChI is InChI=1S/C24H31N3O4/c1-29-18-24(28)25-14-8-13-23-26-21-11-3-4-12-22(21)27(23)15-5-6-16-31-20-10-7-9-19(17-20)30-2/h3-4,7,9-12,17H,5-6,8,13-16,18H2,1-2H3,(H,25,28). The van der Waals surface area contributed by atoms with Crippen molar-refractivity contribution >= 4 is 16.9 Å². The van der Waals surface area contributed by atoms with Gasteiger partial charge in [-0.2, -0.15) is 0 Å². The van der Waals surface area contributed by atoms with E-state index in [1.54, 1.807) is 7.11 Å². The van der Waals surface area contributed by atoms with Gasteiger partial charge in [0.2, 0.25) is 5.91 Å². The van der Waals surface area contributed by atoms with E-state index in [-0.39, 0.29) is 12.5 Å². The van der Waals surface area contributed by atoms with Crippen LogP contribution in [0, 0.1) is 0 Å². The summed E-state index contributed by atoms with van der Waals surface area (Å²) in [6, 6.07) is 15.9. The summed E-state index contributed by atoms with van der Waals surface area (Å²) in [7, 11) is 3.17. The lowest BCUT2D eigenvalue weighted by molar-refractivity contribution is -0.124. The Kier molecular flexibility index (Phi) is 8.72. The van der Waals surface area contributed by atoms with Gasteiger partial charge in [-0.15, -0.1) is 0 Å². The monoisotopic (exact) mass is 425 g/mol. The number of hydrogen-bond donors (Lipinski definition) is 1. The molecule has 0 saturated carbocycles. The van der Waals surface area contributed by atoms with Gasteiger partial charge in [-0.3, -0.25) is 4.79 Å². The molecule has 0 aliphatic rings. The van der Waals surface area contributed by atoms with Crippen molar-refractivity contribution in [3.63, 3.8) is 0 Å². The molecule has 0 bridgehead atoms. The fraction of sp³-hybridized carbons (Fsp3) is 0.417. The van der Waals surface area contributed by atoms with Gasteiger partial charge in [0.15, 0.2) is 0 Å². The molecule has 7 heteroatoms. The minimum atomic E-state index is -0.0907. The molecule has 1 heterocycles. The van der Waals surface area contributed by atoms with Gasteiger partial charge in [-0.25, -0.2) is 4.98 Å². The number of methoxy groups -OCH3 is 2. The lowest BCUT2D eigenvalue weighted by Crippen LogP contribution is -2.28. The maximum Gasteiger partial charge on any atom is 0.245 e. The molecule has 2 aromatic carbocycles. The molecule has 3 rings (SSSR count). The molecule has 0 fully saturated rings. The van der Waals surface area contributed by atoms with Crippen molar-refractivity contribution in [2.24, 2.45) is 0 Å². The fourth-order valence-corrected chi connectivity index (χ4v) is 3.48. The lowest BCUT2D eigenvalue weighted by atomic mass is 10.2. The van der Waals surface area contributed by atoms with Crippen LogP contribution in [-0.2, 0) is 22.5 Å². The zero-order valence-corrected chi connectivity index (χ0v) is 18.3. The van der Waals surface area contributed by atoms with Crippen LogP contribution in [0.4, 0.5) is 0 Å². The van der Waals surface area contributed by atoms with E-state index in [2.05, 4.69) is 16.0 Å². The number of amides is 1. The van der Waals surface area contributed by atoms with E-state index >= 15 is 0 Å². The lowest BCUT2D eigenvalue weighted by Gasteiger charge is -2.11. The van der Waals surface area contributed by atoms with Gasteiger partial charge in [0.05, 0.1) is 24.8 Å². The quantitative estimate of drug-likeness (QED) is 0.424. The third-order valence-corrected chi connectivity index (χ3v) is 4.99. The summed E-state index contributed by atoms with van der Waals surface area (Å²) >= 11 is 0. The zero-order chi connectivity index (χ0) is 21.9. The highest BCUT2D eigenvalue weighted by Crippen LogP contribution is 2.20. The van der Waals surface area contributed by atoms with Crippen LogP contribution in [0.3, 0.4) is 0 Å². The maximum absolute atomic E-state index is 11.5. The van der Waals surface area contributed by atoms with Crippen LogP contribution in [0.2, 0.25) is 0 Å². The van der Waals surface area contributed by atoms with Crippen molar-refractivity contribution in [2.45, 2.75) is 32.2 Å². The summed E-state index contributed by atoms with van der Waals surface area (Å²) in [6.07, 6.45) is 3.57. The van der Waals surface area contributed by atoms with Crippen LogP contribution in [0.5, 0.6) is 11.5 Å². The van der Waals surface area contributed by atoms with E-state index in [0.29, 0.717) is 13.2 Å². The van der Waals surface area contributed by atoms with E-state index in [1.807, 2.05) is 42.5 Å². The highest BCUT2D eigenvalue weighted by Gasteiger charge is 2.10. The molecule has 0 unspecified atom stereocenters. The second-order valence-corrected chi connectivity index (χ2v) is 7.29. The fourth-order valence-electron chi connectivity index (χ4n) is 3.48. The molecular weight excluding hydrogens is 394 g/mol. The van der Waals surface area contributed by atoms with Crippen LogP contribution < -0.4 is 14.8 Å². The number of aryl methyl sites for hydroxylation is 2. The summed E-state index contributed by atoms with van der Waals surface area (Å²) in [4.78, 5) is 16.3. The van der Waals surface area contributed by atoms with Crippen LogP contribution in [0.1, 0.15) is 25.1 Å². The van der Waals surface area contributed by atoms with E-state index in [9.17, 15) is 4.79 Å². The van der Waals surface area contributed by atoms with Gasteiger partial charge in [0.25, 0.3) is 0 Å². The number of nitrogens with zero attached hydrogens (tertiary/aromatic N) is 2. The van der Waals surface area contributed by atoms with Crippen molar-refractivity contribution in [3.8, 4) is 11.5 Å². The first-order valence-corrected chi connectivity index (χ1v) is 10.7. The molecular formula is C24H31N3O4. The number of imidazole rings is 1. The van der Waals surface area contributed by atoms with Gasteiger partial charge in [0, 0.05) is 32.7 Å². The number of hydrogen-bond acceptors (Lipinski definition) is 5. The van der Waals surface area contributed by atoms with Crippen LogP contribution in [0.15, 0.2) is 48.5 Å². The van der Waals surface area contributed by atoms with Gasteiger partial charge < -0.3 is 24.1 Å². The summed E-state index contributed by atoms with van der Waals surface area (Å²) in [5.74, 6) is 2.58. The van der Waals surface area contributed by atoms with Gasteiger partial charge >= 0.3 is 0 Å². The number of carbonyl (C=O) groups is 1. The number of benzene rings is 2. The summed E-state index contributed by atoms with van der Waals surface area (Å²) in [6.45, 7) is 2.24. The second-order valence-electron chi connectivity index (χ2n) is 7.29. The van der Waals surface area contributed by atoms with Crippen molar-refractivity contribution < 1.29 is 19.0 Å². The number of aromatic nitrogens is 2. The first kappa shape index (κ1) is 22.6. The van der Waals surface area contributed by atoms with Crippen LogP contribution in [0.25, 0.3) is 11.0 Å². The normalized spacial score (nSPS) is 10.9. The van der Waals surface area contributed by atoms with E-state index in [4.69, 9.17) is 19.2 Å². The van der Waals surface area contributed by atoms with Gasteiger partial charge in [-0.1, -0.05) is 18.2 Å². The Morgan fingerprint density at radius 2 is 1.87 bits per heavy atom. The molecule has 0 radical (unpaired) electrons. The van der Waals surface area contributed by atoms with Crippen molar-refractivity contribution in [3.05, 3.63) is 54.4 Å². The average Bonchev–Trinajstić information content (AvgIpc) is 3.14. The van der Waals surface area contributed by atoms with Crippen LogP contribution in [-0.4, -0.2) is 49.4 Å². The number of carbonyl (C=O) groups excluding carboxylic acids is 1. The summed E-state index contributed by atoms with van der Waals surface area (Å²) in [5, 5.41) is 2.86. The second kappa shape index (κ2) is 12.0. The number of unbranched alkanes of at least 4 members (excludes halogenated alkanes) is 1. The number of rotatable bonds is 13. The van der Waals surface area contributed by atoms with E-state index < -0.39 is 0 Å².